The molecule has 1 N–H and O–H groups in total. The second-order valence-corrected chi connectivity index (χ2v) is 5.58. The SMILES string of the molecule is O=C1C[C@@H](c2ccc(N3CCCC3)cc2)n2ncnc2N1. The molecule has 1 aromatic carbocycles. The molecule has 1 aromatic heterocycles. The van der Waals surface area contributed by atoms with E-state index in [-0.39, 0.29) is 11.9 Å². The average molecular weight is 283 g/mol. The summed E-state index contributed by atoms with van der Waals surface area (Å²) >= 11 is 0. The van der Waals surface area contributed by atoms with Crippen LogP contribution in [0.5, 0.6) is 0 Å². The Balaban J connectivity index is 1.63. The maximum absolute atomic E-state index is 11.8. The fourth-order valence-electron chi connectivity index (χ4n) is 3.15. The molecule has 1 atom stereocenters. The molecule has 0 saturated carbocycles. The predicted octanol–water partition coefficient (Wildman–Crippen LogP) is 1.81. The van der Waals surface area contributed by atoms with Crippen molar-refractivity contribution in [3.63, 3.8) is 0 Å². The van der Waals surface area contributed by atoms with Crippen molar-refractivity contribution >= 4 is 17.5 Å². The summed E-state index contributed by atoms with van der Waals surface area (Å²) in [7, 11) is 0. The zero-order valence-electron chi connectivity index (χ0n) is 11.7. The van der Waals surface area contributed by atoms with Crippen LogP contribution in [0.15, 0.2) is 30.6 Å². The van der Waals surface area contributed by atoms with Gasteiger partial charge in [0.15, 0.2) is 0 Å². The van der Waals surface area contributed by atoms with Gasteiger partial charge < -0.3 is 4.90 Å². The first-order chi connectivity index (χ1) is 10.3. The molecule has 0 spiro atoms. The summed E-state index contributed by atoms with van der Waals surface area (Å²) < 4.78 is 1.78. The summed E-state index contributed by atoms with van der Waals surface area (Å²) in [5.41, 5.74) is 2.36. The van der Waals surface area contributed by atoms with Crippen molar-refractivity contribution in [1.82, 2.24) is 14.8 Å². The molecule has 0 radical (unpaired) electrons. The molecule has 0 unspecified atom stereocenters. The highest BCUT2D eigenvalue weighted by Gasteiger charge is 2.27. The Morgan fingerprint density at radius 2 is 1.90 bits per heavy atom. The molecule has 108 valence electrons. The van der Waals surface area contributed by atoms with Crippen molar-refractivity contribution < 1.29 is 4.79 Å². The molecular formula is C15H17N5O. The van der Waals surface area contributed by atoms with E-state index in [1.807, 2.05) is 0 Å². The first kappa shape index (κ1) is 12.4. The van der Waals surface area contributed by atoms with Gasteiger partial charge in [0, 0.05) is 18.8 Å². The van der Waals surface area contributed by atoms with Crippen molar-refractivity contribution in [2.24, 2.45) is 0 Å². The lowest BCUT2D eigenvalue weighted by atomic mass is 10.0. The summed E-state index contributed by atoms with van der Waals surface area (Å²) in [4.78, 5) is 18.3. The molecule has 0 aliphatic carbocycles. The summed E-state index contributed by atoms with van der Waals surface area (Å²) in [5.74, 6) is 0.518. The van der Waals surface area contributed by atoms with Gasteiger partial charge in [-0.2, -0.15) is 10.1 Å². The minimum atomic E-state index is -0.0659. The molecule has 6 nitrogen and oxygen atoms in total. The maximum atomic E-state index is 11.8. The number of benzene rings is 1. The van der Waals surface area contributed by atoms with Crippen molar-refractivity contribution in [2.75, 3.05) is 23.3 Å². The fraction of sp³-hybridized carbons (Fsp3) is 0.400. The predicted molar refractivity (Wildman–Crippen MR) is 79.3 cm³/mol. The zero-order chi connectivity index (χ0) is 14.2. The molecule has 2 aromatic rings. The van der Waals surface area contributed by atoms with Crippen LogP contribution in [0.25, 0.3) is 0 Å². The smallest absolute Gasteiger partial charge is 0.229 e. The van der Waals surface area contributed by atoms with Gasteiger partial charge in [-0.3, -0.25) is 10.1 Å². The zero-order valence-corrected chi connectivity index (χ0v) is 11.7. The Kier molecular flexibility index (Phi) is 2.87. The van der Waals surface area contributed by atoms with E-state index in [4.69, 9.17) is 0 Å². The summed E-state index contributed by atoms with van der Waals surface area (Å²) in [6.07, 6.45) is 4.42. The summed E-state index contributed by atoms with van der Waals surface area (Å²) in [6, 6.07) is 8.42. The molecule has 3 heterocycles. The summed E-state index contributed by atoms with van der Waals surface area (Å²) in [5, 5.41) is 6.97. The van der Waals surface area contributed by atoms with Crippen molar-refractivity contribution in [3.8, 4) is 0 Å². The number of hydrogen-bond donors (Lipinski definition) is 1. The van der Waals surface area contributed by atoms with E-state index in [1.54, 1.807) is 4.68 Å². The molecule has 6 heteroatoms. The van der Waals surface area contributed by atoms with Crippen LogP contribution in [0.2, 0.25) is 0 Å². The Morgan fingerprint density at radius 3 is 2.67 bits per heavy atom. The van der Waals surface area contributed by atoms with Crippen LogP contribution in [-0.4, -0.2) is 33.8 Å². The molecule has 1 saturated heterocycles. The van der Waals surface area contributed by atoms with Crippen LogP contribution in [0.3, 0.4) is 0 Å². The lowest BCUT2D eigenvalue weighted by molar-refractivity contribution is -0.117. The number of amides is 1. The van der Waals surface area contributed by atoms with Gasteiger partial charge in [-0.25, -0.2) is 4.68 Å². The normalized spacial score (nSPS) is 21.2. The Labute approximate surface area is 122 Å². The number of fused-ring (bicyclic) bond motifs is 1. The third kappa shape index (κ3) is 2.16. The molecule has 4 rings (SSSR count). The number of carbonyl (C=O) groups is 1. The van der Waals surface area contributed by atoms with E-state index in [9.17, 15) is 4.79 Å². The van der Waals surface area contributed by atoms with E-state index in [2.05, 4.69) is 44.6 Å². The Bertz CT molecular complexity index is 657. The quantitative estimate of drug-likeness (QED) is 0.913. The molecule has 0 bridgehead atoms. The number of carbonyl (C=O) groups excluding carboxylic acids is 1. The van der Waals surface area contributed by atoms with Gasteiger partial charge in [-0.05, 0) is 30.5 Å². The topological polar surface area (TPSA) is 63.1 Å². The van der Waals surface area contributed by atoms with Crippen molar-refractivity contribution in [2.45, 2.75) is 25.3 Å². The molecular weight excluding hydrogens is 266 g/mol. The maximum Gasteiger partial charge on any atom is 0.229 e. The van der Waals surface area contributed by atoms with Crippen molar-refractivity contribution in [1.29, 1.82) is 0 Å². The van der Waals surface area contributed by atoms with Crippen LogP contribution < -0.4 is 10.2 Å². The van der Waals surface area contributed by atoms with Crippen LogP contribution in [0.1, 0.15) is 30.9 Å². The first-order valence-electron chi connectivity index (χ1n) is 7.35. The standard InChI is InChI=1S/C15H17N5O/c21-14-9-13(20-15(18-14)16-10-17-20)11-3-5-12(6-4-11)19-7-1-2-8-19/h3-6,10,13H,1-2,7-9H2,(H,16,17,18,21)/t13-/m0/s1. The lowest BCUT2D eigenvalue weighted by Crippen LogP contribution is -2.29. The second-order valence-electron chi connectivity index (χ2n) is 5.58. The van der Waals surface area contributed by atoms with E-state index >= 15 is 0 Å². The molecule has 21 heavy (non-hydrogen) atoms. The minimum Gasteiger partial charge on any atom is -0.372 e. The summed E-state index contributed by atoms with van der Waals surface area (Å²) in [6.45, 7) is 2.27. The molecule has 2 aliphatic rings. The lowest BCUT2D eigenvalue weighted by Gasteiger charge is -2.24. The van der Waals surface area contributed by atoms with Crippen LogP contribution in [0.4, 0.5) is 11.6 Å². The number of rotatable bonds is 2. The third-order valence-electron chi connectivity index (χ3n) is 4.25. The number of aromatic nitrogens is 3. The third-order valence-corrected chi connectivity index (χ3v) is 4.25. The van der Waals surface area contributed by atoms with E-state index in [0.29, 0.717) is 12.4 Å². The van der Waals surface area contributed by atoms with E-state index in [1.165, 1.54) is 24.9 Å². The fourth-order valence-corrected chi connectivity index (χ4v) is 3.15. The minimum absolute atomic E-state index is 0.0101. The largest absolute Gasteiger partial charge is 0.372 e. The molecule has 1 amide bonds. The highest BCUT2D eigenvalue weighted by molar-refractivity contribution is 5.91. The van der Waals surface area contributed by atoms with Gasteiger partial charge in [-0.15, -0.1) is 0 Å². The van der Waals surface area contributed by atoms with Gasteiger partial charge in [0.1, 0.15) is 6.33 Å². The number of nitrogens with one attached hydrogen (secondary N) is 1. The second kappa shape index (κ2) is 4.87. The monoisotopic (exact) mass is 283 g/mol. The molecule has 1 fully saturated rings. The van der Waals surface area contributed by atoms with Gasteiger partial charge >= 0.3 is 0 Å². The van der Waals surface area contributed by atoms with Gasteiger partial charge in [0.25, 0.3) is 0 Å². The number of hydrogen-bond acceptors (Lipinski definition) is 4. The number of anilines is 2. The Hall–Kier alpha value is -2.37. The Morgan fingerprint density at radius 1 is 1.14 bits per heavy atom. The van der Waals surface area contributed by atoms with Crippen LogP contribution in [-0.2, 0) is 4.79 Å². The van der Waals surface area contributed by atoms with E-state index in [0.717, 1.165) is 18.7 Å². The van der Waals surface area contributed by atoms with Gasteiger partial charge in [0.2, 0.25) is 11.9 Å². The molecule has 2 aliphatic heterocycles. The van der Waals surface area contributed by atoms with Gasteiger partial charge in [-0.1, -0.05) is 12.1 Å². The van der Waals surface area contributed by atoms with E-state index < -0.39 is 0 Å². The highest BCUT2D eigenvalue weighted by Crippen LogP contribution is 2.30. The number of nitrogens with zero attached hydrogens (tertiary/aromatic N) is 4. The van der Waals surface area contributed by atoms with Gasteiger partial charge in [0.05, 0.1) is 12.5 Å². The highest BCUT2D eigenvalue weighted by atomic mass is 16.2. The average Bonchev–Trinajstić information content (AvgIpc) is 3.17. The van der Waals surface area contributed by atoms with Crippen molar-refractivity contribution in [3.05, 3.63) is 36.2 Å². The first-order valence-corrected chi connectivity index (χ1v) is 7.35. The van der Waals surface area contributed by atoms with Crippen LogP contribution >= 0.6 is 0 Å². The van der Waals surface area contributed by atoms with Crippen LogP contribution in [0, 0.1) is 0 Å².